The molecule has 1 rings (SSSR count). The molecular weight excluding hydrogens is 311 g/mol. The van der Waals surface area contributed by atoms with E-state index in [1.165, 1.54) is 6.07 Å². The molecule has 0 radical (unpaired) electrons. The summed E-state index contributed by atoms with van der Waals surface area (Å²) in [5.74, 6) is 0.449. The lowest BCUT2D eigenvalue weighted by Crippen LogP contribution is -2.48. The normalized spacial score (nSPS) is 11.8. The van der Waals surface area contributed by atoms with Crippen LogP contribution < -0.4 is 15.4 Å². The fourth-order valence-electron chi connectivity index (χ4n) is 2.06. The molecule has 0 aliphatic rings. The number of guanidine groups is 1. The van der Waals surface area contributed by atoms with Crippen molar-refractivity contribution in [1.29, 1.82) is 0 Å². The summed E-state index contributed by atoms with van der Waals surface area (Å²) in [5.41, 5.74) is -0.560. The summed E-state index contributed by atoms with van der Waals surface area (Å²) < 4.78 is 18.9. The standard InChI is InChI=1S/C17H27FN4O2/c1-17(2,15(23)19-3)12-21-16(20-4)22(5)10-11-24-14-9-7-6-8-13(14)18/h6-9H,10-12H2,1-5H3,(H,19,23)(H,20,21). The van der Waals surface area contributed by atoms with Crippen LogP contribution in [0.15, 0.2) is 29.3 Å². The Bertz CT molecular complexity index is 575. The summed E-state index contributed by atoms with van der Waals surface area (Å²) in [6.07, 6.45) is 0. The van der Waals surface area contributed by atoms with Crippen molar-refractivity contribution < 1.29 is 13.9 Å². The SMILES string of the molecule is CN=C(NCC(C)(C)C(=O)NC)N(C)CCOc1ccccc1F. The molecule has 0 aromatic heterocycles. The fraction of sp³-hybridized carbons (Fsp3) is 0.529. The summed E-state index contributed by atoms with van der Waals surface area (Å²) in [6, 6.07) is 6.30. The number of likely N-dealkylation sites (N-methyl/N-ethyl adjacent to an activating group) is 1. The number of ether oxygens (including phenoxy) is 1. The van der Waals surface area contributed by atoms with Crippen molar-refractivity contribution in [2.45, 2.75) is 13.8 Å². The number of nitrogens with one attached hydrogen (secondary N) is 2. The highest BCUT2D eigenvalue weighted by Crippen LogP contribution is 2.15. The smallest absolute Gasteiger partial charge is 0.227 e. The van der Waals surface area contributed by atoms with E-state index < -0.39 is 5.41 Å². The molecule has 24 heavy (non-hydrogen) atoms. The minimum Gasteiger partial charge on any atom is -0.489 e. The Morgan fingerprint density at radius 1 is 1.38 bits per heavy atom. The van der Waals surface area contributed by atoms with Gasteiger partial charge in [-0.15, -0.1) is 0 Å². The van der Waals surface area contributed by atoms with E-state index in [1.807, 2.05) is 25.8 Å². The van der Waals surface area contributed by atoms with Crippen molar-refractivity contribution in [3.05, 3.63) is 30.1 Å². The molecule has 6 nitrogen and oxygen atoms in total. The van der Waals surface area contributed by atoms with Gasteiger partial charge < -0.3 is 20.3 Å². The molecule has 0 saturated carbocycles. The predicted octanol–water partition coefficient (Wildman–Crippen LogP) is 1.48. The summed E-state index contributed by atoms with van der Waals surface area (Å²) >= 11 is 0. The van der Waals surface area contributed by atoms with Crippen LogP contribution in [0.1, 0.15) is 13.8 Å². The lowest BCUT2D eigenvalue weighted by Gasteiger charge is -2.27. The second-order valence-electron chi connectivity index (χ2n) is 6.06. The Labute approximate surface area is 143 Å². The lowest BCUT2D eigenvalue weighted by molar-refractivity contribution is -0.128. The molecule has 1 aromatic carbocycles. The number of carbonyl (C=O) groups excluding carboxylic acids is 1. The van der Waals surface area contributed by atoms with Crippen LogP contribution in [0, 0.1) is 11.2 Å². The van der Waals surface area contributed by atoms with Crippen LogP contribution in [0.2, 0.25) is 0 Å². The third kappa shape index (κ3) is 5.72. The molecule has 0 atom stereocenters. The Morgan fingerprint density at radius 3 is 2.62 bits per heavy atom. The average molecular weight is 338 g/mol. The number of para-hydroxylation sites is 1. The maximum absolute atomic E-state index is 13.5. The molecular formula is C17H27FN4O2. The molecule has 134 valence electrons. The van der Waals surface area contributed by atoms with E-state index in [9.17, 15) is 9.18 Å². The molecule has 0 fully saturated rings. The van der Waals surface area contributed by atoms with Gasteiger partial charge in [-0.3, -0.25) is 9.79 Å². The van der Waals surface area contributed by atoms with E-state index in [2.05, 4.69) is 15.6 Å². The third-order valence-electron chi connectivity index (χ3n) is 3.62. The number of halogens is 1. The van der Waals surface area contributed by atoms with Gasteiger partial charge in [-0.05, 0) is 26.0 Å². The first-order chi connectivity index (χ1) is 11.3. The first kappa shape index (κ1) is 19.7. The van der Waals surface area contributed by atoms with Gasteiger partial charge in [0.05, 0.1) is 12.0 Å². The number of amides is 1. The highest BCUT2D eigenvalue weighted by molar-refractivity contribution is 5.84. The maximum Gasteiger partial charge on any atom is 0.227 e. The average Bonchev–Trinajstić information content (AvgIpc) is 2.56. The van der Waals surface area contributed by atoms with Crippen molar-refractivity contribution in [1.82, 2.24) is 15.5 Å². The number of rotatable bonds is 7. The zero-order valence-corrected chi connectivity index (χ0v) is 15.0. The van der Waals surface area contributed by atoms with Crippen LogP contribution in [0.3, 0.4) is 0 Å². The Kier molecular flexibility index (Phi) is 7.48. The zero-order chi connectivity index (χ0) is 18.2. The van der Waals surface area contributed by atoms with Crippen molar-refractivity contribution in [3.8, 4) is 5.75 Å². The first-order valence-corrected chi connectivity index (χ1v) is 7.83. The quantitative estimate of drug-likeness (QED) is 0.584. The van der Waals surface area contributed by atoms with E-state index in [1.54, 1.807) is 32.3 Å². The molecule has 7 heteroatoms. The topological polar surface area (TPSA) is 66.0 Å². The van der Waals surface area contributed by atoms with Crippen molar-refractivity contribution in [2.75, 3.05) is 40.8 Å². The number of aliphatic imine (C=N–C) groups is 1. The van der Waals surface area contributed by atoms with E-state index in [0.717, 1.165) is 0 Å². The van der Waals surface area contributed by atoms with Crippen molar-refractivity contribution in [2.24, 2.45) is 10.4 Å². The molecule has 0 bridgehead atoms. The van der Waals surface area contributed by atoms with Gasteiger partial charge in [0.1, 0.15) is 6.61 Å². The largest absolute Gasteiger partial charge is 0.489 e. The van der Waals surface area contributed by atoms with Gasteiger partial charge in [-0.1, -0.05) is 12.1 Å². The first-order valence-electron chi connectivity index (χ1n) is 7.83. The van der Waals surface area contributed by atoms with E-state index >= 15 is 0 Å². The van der Waals surface area contributed by atoms with Gasteiger partial charge in [-0.2, -0.15) is 0 Å². The number of hydrogen-bond donors (Lipinski definition) is 2. The molecule has 0 saturated heterocycles. The second kappa shape index (κ2) is 9.10. The lowest BCUT2D eigenvalue weighted by atomic mass is 9.92. The molecule has 1 aromatic rings. The summed E-state index contributed by atoms with van der Waals surface area (Å²) in [5, 5.41) is 5.82. The second-order valence-corrected chi connectivity index (χ2v) is 6.06. The van der Waals surface area contributed by atoms with Gasteiger partial charge in [0, 0.05) is 27.7 Å². The molecule has 0 aliphatic heterocycles. The molecule has 1 amide bonds. The minimum atomic E-state index is -0.560. The van der Waals surface area contributed by atoms with Crippen molar-refractivity contribution >= 4 is 11.9 Å². The Hall–Kier alpha value is -2.31. The van der Waals surface area contributed by atoms with Gasteiger partial charge in [0.15, 0.2) is 17.5 Å². The summed E-state index contributed by atoms with van der Waals surface area (Å²) in [4.78, 5) is 17.9. The Balaban J connectivity index is 2.48. The molecule has 0 spiro atoms. The van der Waals surface area contributed by atoms with Crippen molar-refractivity contribution in [3.63, 3.8) is 0 Å². The van der Waals surface area contributed by atoms with Crippen LogP contribution >= 0.6 is 0 Å². The van der Waals surface area contributed by atoms with Crippen LogP contribution in [-0.4, -0.2) is 57.6 Å². The van der Waals surface area contributed by atoms with Gasteiger partial charge in [-0.25, -0.2) is 4.39 Å². The number of nitrogens with zero attached hydrogens (tertiary/aromatic N) is 2. The summed E-state index contributed by atoms with van der Waals surface area (Å²) in [6.45, 7) is 4.99. The van der Waals surface area contributed by atoms with Crippen LogP contribution in [-0.2, 0) is 4.79 Å². The molecule has 2 N–H and O–H groups in total. The van der Waals surface area contributed by atoms with Gasteiger partial charge >= 0.3 is 0 Å². The van der Waals surface area contributed by atoms with Crippen LogP contribution in [0.4, 0.5) is 4.39 Å². The number of hydrogen-bond acceptors (Lipinski definition) is 3. The molecule has 0 aliphatic carbocycles. The number of carbonyl (C=O) groups is 1. The fourth-order valence-corrected chi connectivity index (χ4v) is 2.06. The number of benzene rings is 1. The molecule has 0 heterocycles. The van der Waals surface area contributed by atoms with Gasteiger partial charge in [0.2, 0.25) is 5.91 Å². The highest BCUT2D eigenvalue weighted by Gasteiger charge is 2.27. The van der Waals surface area contributed by atoms with Crippen LogP contribution in [0.25, 0.3) is 0 Å². The minimum absolute atomic E-state index is 0.0454. The van der Waals surface area contributed by atoms with Gasteiger partial charge in [0.25, 0.3) is 0 Å². The Morgan fingerprint density at radius 2 is 2.04 bits per heavy atom. The highest BCUT2D eigenvalue weighted by atomic mass is 19.1. The predicted molar refractivity (Wildman–Crippen MR) is 93.7 cm³/mol. The van der Waals surface area contributed by atoms with E-state index in [-0.39, 0.29) is 17.5 Å². The van der Waals surface area contributed by atoms with E-state index in [0.29, 0.717) is 25.7 Å². The molecule has 0 unspecified atom stereocenters. The maximum atomic E-state index is 13.5. The summed E-state index contributed by atoms with van der Waals surface area (Å²) in [7, 11) is 5.14. The third-order valence-corrected chi connectivity index (χ3v) is 3.62. The van der Waals surface area contributed by atoms with Crippen LogP contribution in [0.5, 0.6) is 5.75 Å². The van der Waals surface area contributed by atoms with E-state index in [4.69, 9.17) is 4.74 Å². The zero-order valence-electron chi connectivity index (χ0n) is 15.0. The monoisotopic (exact) mass is 338 g/mol.